The Morgan fingerprint density at radius 3 is 2.95 bits per heavy atom. The topological polar surface area (TPSA) is 83.8 Å². The first-order chi connectivity index (χ1) is 9.36. The Morgan fingerprint density at radius 1 is 1.21 bits per heavy atom. The Hall–Kier alpha value is -1.64. The second-order valence-corrected chi connectivity index (χ2v) is 5.73. The van der Waals surface area contributed by atoms with E-state index < -0.39 is 0 Å². The van der Waals surface area contributed by atoms with Crippen molar-refractivity contribution < 1.29 is 5.11 Å². The molecule has 0 aromatic carbocycles. The quantitative estimate of drug-likeness (QED) is 0.742. The van der Waals surface area contributed by atoms with Crippen molar-refractivity contribution in [2.45, 2.75) is 12.5 Å². The van der Waals surface area contributed by atoms with Crippen LogP contribution >= 0.6 is 22.7 Å². The van der Waals surface area contributed by atoms with E-state index in [1.807, 2.05) is 6.20 Å². The maximum absolute atomic E-state index is 9.47. The number of hydrogen-bond donors (Lipinski definition) is 2. The fourth-order valence-corrected chi connectivity index (χ4v) is 3.04. The SMILES string of the molecule is OCC(Cc1cncs1)Nc1ncnc2scnc12. The third-order valence-corrected chi connectivity index (χ3v) is 4.16. The summed E-state index contributed by atoms with van der Waals surface area (Å²) in [5.74, 6) is 0.662. The van der Waals surface area contributed by atoms with Crippen LogP contribution in [0.1, 0.15) is 4.88 Å². The number of aliphatic hydroxyl groups is 1. The molecule has 0 bridgehead atoms. The molecule has 0 radical (unpaired) electrons. The molecule has 2 N–H and O–H groups in total. The summed E-state index contributed by atoms with van der Waals surface area (Å²) < 4.78 is 0. The van der Waals surface area contributed by atoms with Crippen molar-refractivity contribution in [1.29, 1.82) is 0 Å². The Balaban J connectivity index is 1.80. The van der Waals surface area contributed by atoms with Gasteiger partial charge in [0.1, 0.15) is 16.7 Å². The molecule has 0 fully saturated rings. The van der Waals surface area contributed by atoms with Gasteiger partial charge >= 0.3 is 0 Å². The highest BCUT2D eigenvalue weighted by molar-refractivity contribution is 7.16. The Kier molecular flexibility index (Phi) is 3.62. The van der Waals surface area contributed by atoms with Crippen LogP contribution in [0.15, 0.2) is 23.5 Å². The number of aliphatic hydroxyl groups excluding tert-OH is 1. The van der Waals surface area contributed by atoms with E-state index in [9.17, 15) is 5.11 Å². The van der Waals surface area contributed by atoms with Crippen molar-refractivity contribution in [3.63, 3.8) is 0 Å². The van der Waals surface area contributed by atoms with E-state index in [1.165, 1.54) is 17.7 Å². The minimum Gasteiger partial charge on any atom is -0.394 e. The summed E-state index contributed by atoms with van der Waals surface area (Å²) in [6, 6.07) is -0.111. The number of thiazole rings is 2. The zero-order chi connectivity index (χ0) is 13.1. The number of aromatic nitrogens is 4. The highest BCUT2D eigenvalue weighted by Crippen LogP contribution is 2.21. The van der Waals surface area contributed by atoms with Gasteiger partial charge in [0.25, 0.3) is 0 Å². The summed E-state index contributed by atoms with van der Waals surface area (Å²) in [6.45, 7) is 0.0214. The molecular formula is C11H11N5OS2. The van der Waals surface area contributed by atoms with Gasteiger partial charge in [-0.05, 0) is 0 Å². The van der Waals surface area contributed by atoms with Gasteiger partial charge in [0.15, 0.2) is 5.82 Å². The van der Waals surface area contributed by atoms with Crippen molar-refractivity contribution in [2.24, 2.45) is 0 Å². The summed E-state index contributed by atoms with van der Waals surface area (Å²) in [5.41, 5.74) is 4.27. The molecule has 1 unspecified atom stereocenters. The molecule has 3 rings (SSSR count). The molecule has 8 heteroatoms. The van der Waals surface area contributed by atoms with Gasteiger partial charge in [0.2, 0.25) is 0 Å². The molecule has 0 aliphatic rings. The first-order valence-corrected chi connectivity index (χ1v) is 7.41. The number of rotatable bonds is 5. The maximum Gasteiger partial charge on any atom is 0.157 e. The third kappa shape index (κ3) is 2.70. The van der Waals surface area contributed by atoms with Crippen molar-refractivity contribution in [3.05, 3.63) is 28.4 Å². The molecule has 0 saturated carbocycles. The van der Waals surface area contributed by atoms with Gasteiger partial charge in [0, 0.05) is 17.5 Å². The zero-order valence-corrected chi connectivity index (χ0v) is 11.5. The number of fused-ring (bicyclic) bond motifs is 1. The van der Waals surface area contributed by atoms with Crippen LogP contribution in [-0.2, 0) is 6.42 Å². The van der Waals surface area contributed by atoms with E-state index in [2.05, 4.69) is 25.3 Å². The van der Waals surface area contributed by atoms with Gasteiger partial charge in [-0.1, -0.05) is 0 Å². The molecule has 0 spiro atoms. The maximum atomic E-state index is 9.47. The van der Waals surface area contributed by atoms with Crippen molar-refractivity contribution in [2.75, 3.05) is 11.9 Å². The van der Waals surface area contributed by atoms with Crippen LogP contribution in [0.2, 0.25) is 0 Å². The number of hydrogen-bond acceptors (Lipinski definition) is 8. The molecule has 0 amide bonds. The molecule has 3 heterocycles. The minimum atomic E-state index is -0.111. The lowest BCUT2D eigenvalue weighted by Gasteiger charge is -2.15. The summed E-state index contributed by atoms with van der Waals surface area (Å²) in [7, 11) is 0. The Morgan fingerprint density at radius 2 is 2.16 bits per heavy atom. The van der Waals surface area contributed by atoms with Gasteiger partial charge < -0.3 is 10.4 Å². The minimum absolute atomic E-state index is 0.0214. The van der Waals surface area contributed by atoms with E-state index in [1.54, 1.807) is 22.4 Å². The number of anilines is 1. The number of nitrogens with one attached hydrogen (secondary N) is 1. The highest BCUT2D eigenvalue weighted by Gasteiger charge is 2.13. The van der Waals surface area contributed by atoms with Gasteiger partial charge in [-0.25, -0.2) is 15.0 Å². The van der Waals surface area contributed by atoms with Crippen molar-refractivity contribution in [1.82, 2.24) is 19.9 Å². The van der Waals surface area contributed by atoms with E-state index in [0.29, 0.717) is 12.2 Å². The molecule has 6 nitrogen and oxygen atoms in total. The van der Waals surface area contributed by atoms with Crippen molar-refractivity contribution >= 4 is 38.8 Å². The summed E-state index contributed by atoms with van der Waals surface area (Å²) in [4.78, 5) is 18.6. The average molecular weight is 293 g/mol. The third-order valence-electron chi connectivity index (χ3n) is 2.63. The lowest BCUT2D eigenvalue weighted by atomic mass is 10.2. The van der Waals surface area contributed by atoms with Crippen LogP contribution in [0.3, 0.4) is 0 Å². The first-order valence-electron chi connectivity index (χ1n) is 5.66. The second-order valence-electron chi connectivity index (χ2n) is 3.92. The lowest BCUT2D eigenvalue weighted by molar-refractivity contribution is 0.274. The molecule has 0 aliphatic heterocycles. The molecule has 98 valence electrons. The lowest BCUT2D eigenvalue weighted by Crippen LogP contribution is -2.26. The normalized spacial score (nSPS) is 12.7. The van der Waals surface area contributed by atoms with Crippen LogP contribution < -0.4 is 5.32 Å². The molecule has 3 aromatic heterocycles. The van der Waals surface area contributed by atoms with Crippen LogP contribution in [0.5, 0.6) is 0 Å². The van der Waals surface area contributed by atoms with Crippen LogP contribution in [-0.4, -0.2) is 37.7 Å². The van der Waals surface area contributed by atoms with E-state index >= 15 is 0 Å². The van der Waals surface area contributed by atoms with E-state index in [-0.39, 0.29) is 12.6 Å². The molecule has 3 aromatic rings. The van der Waals surface area contributed by atoms with Gasteiger partial charge in [-0.3, -0.25) is 4.98 Å². The summed E-state index contributed by atoms with van der Waals surface area (Å²) >= 11 is 3.04. The second kappa shape index (κ2) is 5.55. The molecule has 0 saturated heterocycles. The van der Waals surface area contributed by atoms with Crippen molar-refractivity contribution in [3.8, 4) is 0 Å². The van der Waals surface area contributed by atoms with Gasteiger partial charge in [0.05, 0.1) is 23.7 Å². The standard InChI is InChI=1S/C11H11N5OS2/c17-3-7(1-8-2-12-5-18-8)16-10-9-11(14-4-13-10)19-6-15-9/h2,4-7,17H,1,3H2,(H,13,14,16). The molecule has 19 heavy (non-hydrogen) atoms. The predicted octanol–water partition coefficient (Wildman–Crippen LogP) is 1.56. The zero-order valence-electron chi connectivity index (χ0n) is 9.85. The summed E-state index contributed by atoms with van der Waals surface area (Å²) in [6.07, 6.45) is 4.02. The Bertz CT molecular complexity index is 654. The Labute approximate surface area is 117 Å². The summed E-state index contributed by atoms with van der Waals surface area (Å²) in [5, 5.41) is 12.7. The smallest absolute Gasteiger partial charge is 0.157 e. The molecule has 1 atom stereocenters. The predicted molar refractivity (Wildman–Crippen MR) is 75.5 cm³/mol. The molecular weight excluding hydrogens is 282 g/mol. The molecule has 0 aliphatic carbocycles. The van der Waals surface area contributed by atoms with E-state index in [4.69, 9.17) is 0 Å². The van der Waals surface area contributed by atoms with Crippen LogP contribution in [0.25, 0.3) is 10.3 Å². The van der Waals surface area contributed by atoms with E-state index in [0.717, 1.165) is 15.2 Å². The van der Waals surface area contributed by atoms with Gasteiger partial charge in [-0.15, -0.1) is 22.7 Å². The number of nitrogens with zero attached hydrogens (tertiary/aromatic N) is 4. The first kappa shape index (κ1) is 12.4. The fraction of sp³-hybridized carbons (Fsp3) is 0.273. The highest BCUT2D eigenvalue weighted by atomic mass is 32.1. The largest absolute Gasteiger partial charge is 0.394 e. The monoisotopic (exact) mass is 293 g/mol. The van der Waals surface area contributed by atoms with Crippen LogP contribution in [0, 0.1) is 0 Å². The van der Waals surface area contributed by atoms with Gasteiger partial charge in [-0.2, -0.15) is 0 Å². The van der Waals surface area contributed by atoms with Crippen LogP contribution in [0.4, 0.5) is 5.82 Å². The average Bonchev–Trinajstić information content (AvgIpc) is 3.08. The fourth-order valence-electron chi connectivity index (χ4n) is 1.74.